The average Bonchev–Trinajstić information content (AvgIpc) is 2.76. The highest BCUT2D eigenvalue weighted by atomic mass is 16.7. The van der Waals surface area contributed by atoms with Gasteiger partial charge in [-0.15, -0.1) is 0 Å². The average molecular weight is 438 g/mol. The highest BCUT2D eigenvalue weighted by Gasteiger charge is 2.45. The van der Waals surface area contributed by atoms with E-state index in [1.807, 2.05) is 19.1 Å². The van der Waals surface area contributed by atoms with Gasteiger partial charge in [-0.3, -0.25) is 0 Å². The molecular formula is C21H26O10. The minimum Gasteiger partial charge on any atom is -0.499 e. The van der Waals surface area contributed by atoms with Gasteiger partial charge in [-0.1, -0.05) is 19.1 Å². The molecule has 0 bridgehead atoms. The molecule has 1 saturated heterocycles. The van der Waals surface area contributed by atoms with Crippen LogP contribution in [-0.2, 0) is 4.74 Å². The third kappa shape index (κ3) is 5.00. The number of ether oxygens (including phenoxy) is 3. The highest BCUT2D eigenvalue weighted by Crippen LogP contribution is 2.36. The van der Waals surface area contributed by atoms with Crippen molar-refractivity contribution in [3.8, 4) is 17.2 Å². The number of fused-ring (bicyclic) bond motifs is 1. The molecule has 3 rings (SSSR count). The number of aliphatic hydroxyl groups excluding tert-OH is 4. The molecule has 10 heteroatoms. The van der Waals surface area contributed by atoms with Crippen LogP contribution >= 0.6 is 0 Å². The lowest BCUT2D eigenvalue weighted by Gasteiger charge is -2.39. The molecule has 0 aliphatic carbocycles. The van der Waals surface area contributed by atoms with E-state index in [4.69, 9.17) is 18.6 Å². The maximum atomic E-state index is 12.1. The zero-order chi connectivity index (χ0) is 22.5. The van der Waals surface area contributed by atoms with E-state index in [1.54, 1.807) is 6.07 Å². The first-order chi connectivity index (χ1) is 14.9. The third-order valence-corrected chi connectivity index (χ3v) is 4.85. The van der Waals surface area contributed by atoms with Crippen LogP contribution in [0.4, 0.5) is 0 Å². The molecule has 0 amide bonds. The summed E-state index contributed by atoms with van der Waals surface area (Å²) in [6, 6.07) is 4.54. The van der Waals surface area contributed by atoms with Gasteiger partial charge in [0.1, 0.15) is 35.7 Å². The second-order valence-electron chi connectivity index (χ2n) is 7.06. The molecule has 0 spiro atoms. The molecular weight excluding hydrogens is 412 g/mol. The fourth-order valence-electron chi connectivity index (χ4n) is 3.16. The molecule has 5 atom stereocenters. The van der Waals surface area contributed by atoms with Gasteiger partial charge in [-0.25, -0.2) is 4.79 Å². The van der Waals surface area contributed by atoms with Gasteiger partial charge in [-0.05, 0) is 25.0 Å². The van der Waals surface area contributed by atoms with E-state index >= 15 is 0 Å². The smallest absolute Gasteiger partial charge is 0.382 e. The molecule has 2 aromatic rings. The van der Waals surface area contributed by atoms with Crippen LogP contribution in [0.1, 0.15) is 19.8 Å². The van der Waals surface area contributed by atoms with E-state index in [2.05, 4.69) is 0 Å². The molecule has 31 heavy (non-hydrogen) atoms. The zero-order valence-corrected chi connectivity index (χ0v) is 16.9. The van der Waals surface area contributed by atoms with Crippen LogP contribution in [0.25, 0.3) is 11.0 Å². The largest absolute Gasteiger partial charge is 0.499 e. The SMILES string of the molecule is CCC=CCCOc1ccc2c(O[C@@H]3O[C@H](CO)[C@@H](O)[C@H](O)[C@H]3O)c(O)c(=O)oc2c1. The van der Waals surface area contributed by atoms with E-state index in [9.17, 15) is 30.3 Å². The normalized spacial score (nSPS) is 26.4. The summed E-state index contributed by atoms with van der Waals surface area (Å²) >= 11 is 0. The summed E-state index contributed by atoms with van der Waals surface area (Å²) in [6.07, 6.45) is -2.09. The summed E-state index contributed by atoms with van der Waals surface area (Å²) in [4.78, 5) is 12.1. The number of hydrogen-bond acceptors (Lipinski definition) is 10. The number of hydrogen-bond donors (Lipinski definition) is 5. The first kappa shape index (κ1) is 23.0. The molecule has 1 aliphatic rings. The summed E-state index contributed by atoms with van der Waals surface area (Å²) in [5.74, 6) is -0.763. The van der Waals surface area contributed by atoms with Crippen LogP contribution in [0.5, 0.6) is 17.2 Å². The van der Waals surface area contributed by atoms with E-state index in [0.29, 0.717) is 18.8 Å². The minimum absolute atomic E-state index is 0.0593. The molecule has 1 aromatic heterocycles. The first-order valence-electron chi connectivity index (χ1n) is 9.92. The van der Waals surface area contributed by atoms with Crippen molar-refractivity contribution in [1.82, 2.24) is 0 Å². The fourth-order valence-corrected chi connectivity index (χ4v) is 3.16. The predicted molar refractivity (Wildman–Crippen MR) is 108 cm³/mol. The van der Waals surface area contributed by atoms with Gasteiger partial charge in [0.2, 0.25) is 12.0 Å². The van der Waals surface area contributed by atoms with Gasteiger partial charge in [0.05, 0.1) is 18.6 Å². The zero-order valence-electron chi connectivity index (χ0n) is 16.9. The van der Waals surface area contributed by atoms with Gasteiger partial charge in [0.15, 0.2) is 5.75 Å². The van der Waals surface area contributed by atoms with Gasteiger partial charge in [0, 0.05) is 6.07 Å². The number of aliphatic hydroxyl groups is 4. The highest BCUT2D eigenvalue weighted by molar-refractivity contribution is 5.86. The molecule has 0 radical (unpaired) electrons. The number of allylic oxidation sites excluding steroid dienone is 1. The monoisotopic (exact) mass is 438 g/mol. The van der Waals surface area contributed by atoms with Crippen molar-refractivity contribution >= 4 is 11.0 Å². The van der Waals surface area contributed by atoms with Crippen molar-refractivity contribution in [2.45, 2.75) is 50.5 Å². The van der Waals surface area contributed by atoms with Gasteiger partial charge in [-0.2, -0.15) is 0 Å². The van der Waals surface area contributed by atoms with Crippen molar-refractivity contribution < 1.29 is 44.2 Å². The maximum Gasteiger partial charge on any atom is 0.382 e. The standard InChI is InChI=1S/C21H26O10/c1-2-3-4-5-8-28-11-6-7-12-13(9-11)29-20(27)18(26)19(12)31-21-17(25)16(24)15(23)14(10-22)30-21/h3-4,6-7,9,14-17,21-26H,2,5,8,10H2,1H3/t14-,15-,16+,17-,21+/m1/s1. The second-order valence-corrected chi connectivity index (χ2v) is 7.06. The Kier molecular flexibility index (Phi) is 7.52. The fraction of sp³-hybridized carbons (Fsp3) is 0.476. The Bertz CT molecular complexity index is 967. The summed E-state index contributed by atoms with van der Waals surface area (Å²) in [5.41, 5.74) is -1.03. The Balaban J connectivity index is 1.87. The molecule has 170 valence electrons. The molecule has 1 aromatic carbocycles. The third-order valence-electron chi connectivity index (χ3n) is 4.85. The summed E-state index contributed by atoms with van der Waals surface area (Å²) < 4.78 is 21.5. The number of aromatic hydroxyl groups is 1. The molecule has 2 heterocycles. The molecule has 0 saturated carbocycles. The molecule has 1 aliphatic heterocycles. The van der Waals surface area contributed by atoms with Crippen LogP contribution in [0, 0.1) is 0 Å². The summed E-state index contributed by atoms with van der Waals surface area (Å²) in [7, 11) is 0. The lowest BCUT2D eigenvalue weighted by Crippen LogP contribution is -2.60. The van der Waals surface area contributed by atoms with Gasteiger partial charge in [0.25, 0.3) is 0 Å². The lowest BCUT2D eigenvalue weighted by atomic mass is 9.99. The quantitative estimate of drug-likeness (QED) is 0.222. The van der Waals surface area contributed by atoms with Crippen LogP contribution < -0.4 is 15.1 Å². The molecule has 10 nitrogen and oxygen atoms in total. The van der Waals surface area contributed by atoms with E-state index in [-0.39, 0.29) is 16.7 Å². The van der Waals surface area contributed by atoms with Crippen LogP contribution in [0.15, 0.2) is 39.6 Å². The Morgan fingerprint density at radius 3 is 2.61 bits per heavy atom. The summed E-state index contributed by atoms with van der Waals surface area (Å²) in [6.45, 7) is 1.79. The van der Waals surface area contributed by atoms with Gasteiger partial charge < -0.3 is 44.2 Å². The number of benzene rings is 1. The lowest BCUT2D eigenvalue weighted by molar-refractivity contribution is -0.277. The van der Waals surface area contributed by atoms with Crippen LogP contribution in [0.2, 0.25) is 0 Å². The van der Waals surface area contributed by atoms with Crippen molar-refractivity contribution in [2.75, 3.05) is 13.2 Å². The van der Waals surface area contributed by atoms with Crippen molar-refractivity contribution in [3.05, 3.63) is 40.8 Å². The second kappa shape index (κ2) is 10.1. The van der Waals surface area contributed by atoms with Gasteiger partial charge >= 0.3 is 5.63 Å². The van der Waals surface area contributed by atoms with Crippen LogP contribution in [-0.4, -0.2) is 69.5 Å². The summed E-state index contributed by atoms with van der Waals surface area (Å²) in [5, 5.41) is 49.6. The molecule has 5 N–H and O–H groups in total. The first-order valence-corrected chi connectivity index (χ1v) is 9.92. The Morgan fingerprint density at radius 1 is 1.13 bits per heavy atom. The topological polar surface area (TPSA) is 159 Å². The minimum atomic E-state index is -1.71. The van der Waals surface area contributed by atoms with Crippen molar-refractivity contribution in [3.63, 3.8) is 0 Å². The van der Waals surface area contributed by atoms with Crippen molar-refractivity contribution in [2.24, 2.45) is 0 Å². The number of rotatable bonds is 8. The van der Waals surface area contributed by atoms with E-state index in [1.165, 1.54) is 12.1 Å². The Labute approximate surface area is 177 Å². The van der Waals surface area contributed by atoms with Crippen LogP contribution in [0.3, 0.4) is 0 Å². The Morgan fingerprint density at radius 2 is 1.90 bits per heavy atom. The Hall–Kier alpha value is -2.63. The molecule has 1 fully saturated rings. The van der Waals surface area contributed by atoms with Crippen molar-refractivity contribution in [1.29, 1.82) is 0 Å². The van der Waals surface area contributed by atoms with E-state index in [0.717, 1.165) is 6.42 Å². The maximum absolute atomic E-state index is 12.1. The predicted octanol–water partition coefficient (Wildman–Crippen LogP) is 0.412. The molecule has 0 unspecified atom stereocenters. The van der Waals surface area contributed by atoms with E-state index < -0.39 is 48.7 Å².